The highest BCUT2D eigenvalue weighted by Crippen LogP contribution is 2.44. The van der Waals surface area contributed by atoms with E-state index in [0.29, 0.717) is 42.6 Å². The van der Waals surface area contributed by atoms with Crippen molar-refractivity contribution in [2.75, 3.05) is 31.1 Å². The number of nitrogens with zero attached hydrogens (tertiary/aromatic N) is 4. The quantitative estimate of drug-likeness (QED) is 0.442. The number of aromatic nitrogens is 1. The number of rotatable bonds is 5. The maximum atomic E-state index is 10.6. The van der Waals surface area contributed by atoms with Crippen LogP contribution in [0.3, 0.4) is 0 Å². The van der Waals surface area contributed by atoms with Crippen LogP contribution in [0.15, 0.2) is 36.4 Å². The van der Waals surface area contributed by atoms with E-state index in [2.05, 4.69) is 33.3 Å². The number of phenols is 1. The predicted molar refractivity (Wildman–Crippen MR) is 160 cm³/mol. The molecule has 2 aromatic carbocycles. The summed E-state index contributed by atoms with van der Waals surface area (Å²) in [6, 6.07) is 15.6. The first-order chi connectivity index (χ1) is 20.1. The number of nitriles is 1. The van der Waals surface area contributed by atoms with Gasteiger partial charge in [-0.2, -0.15) is 5.26 Å². The Balaban J connectivity index is 1.20. The second-order valence-corrected chi connectivity index (χ2v) is 13.1. The lowest BCUT2D eigenvalue weighted by molar-refractivity contribution is 0.110. The standard InChI is InChI=1S/C34H39N5O2/c35-19-29-30-20-38(31-18-26(40)17-22-5-1-2-6-27(22)31)14-9-28(30)32(23-15-24-7-8-25(16-23)36-24)37-33(29)41-21-34-10-3-12-39(34)13-4-11-34/h1-2,5-6,17-18,23-25,36,40H,3-4,7-16,20-21H2. The van der Waals surface area contributed by atoms with E-state index in [9.17, 15) is 10.4 Å². The molecule has 1 aromatic heterocycles. The number of piperidine rings is 1. The number of ether oxygens (including phenoxy) is 1. The van der Waals surface area contributed by atoms with Gasteiger partial charge in [0, 0.05) is 48.2 Å². The number of nitrogens with one attached hydrogen (secondary N) is 1. The number of benzene rings is 2. The molecule has 2 N–H and O–H groups in total. The summed E-state index contributed by atoms with van der Waals surface area (Å²) in [7, 11) is 0. The van der Waals surface area contributed by atoms with Crippen molar-refractivity contribution >= 4 is 16.5 Å². The van der Waals surface area contributed by atoms with Crippen molar-refractivity contribution < 1.29 is 9.84 Å². The number of phenolic OH excluding ortho intramolecular Hbond substituents is 1. The van der Waals surface area contributed by atoms with Gasteiger partial charge in [-0.1, -0.05) is 24.3 Å². The zero-order chi connectivity index (χ0) is 27.6. The van der Waals surface area contributed by atoms with E-state index >= 15 is 0 Å². The molecule has 2 bridgehead atoms. The number of hydrogen-bond acceptors (Lipinski definition) is 7. The molecule has 0 radical (unpaired) electrons. The molecule has 2 unspecified atom stereocenters. The molecule has 4 saturated heterocycles. The van der Waals surface area contributed by atoms with E-state index in [1.165, 1.54) is 49.8 Å². The third-order valence-corrected chi connectivity index (χ3v) is 10.8. The average Bonchev–Trinajstić information content (AvgIpc) is 3.68. The average molecular weight is 550 g/mol. The Kier molecular flexibility index (Phi) is 6.12. The van der Waals surface area contributed by atoms with Crippen molar-refractivity contribution in [3.63, 3.8) is 0 Å². The molecule has 2 atom stereocenters. The fraction of sp³-hybridized carbons (Fsp3) is 0.529. The highest BCUT2D eigenvalue weighted by molar-refractivity contribution is 5.95. The van der Waals surface area contributed by atoms with Crippen LogP contribution in [0.2, 0.25) is 0 Å². The number of anilines is 1. The topological polar surface area (TPSA) is 84.7 Å². The molecule has 3 aromatic rings. The van der Waals surface area contributed by atoms with Crippen molar-refractivity contribution in [2.45, 2.75) is 87.9 Å². The first kappa shape index (κ1) is 25.4. The molecule has 41 heavy (non-hydrogen) atoms. The smallest absolute Gasteiger partial charge is 0.232 e. The zero-order valence-corrected chi connectivity index (χ0v) is 23.7. The Morgan fingerprint density at radius 1 is 1.05 bits per heavy atom. The van der Waals surface area contributed by atoms with Gasteiger partial charge in [-0.25, -0.2) is 4.98 Å². The van der Waals surface area contributed by atoms with E-state index in [4.69, 9.17) is 9.72 Å². The molecule has 6 heterocycles. The molecule has 5 aliphatic heterocycles. The van der Waals surface area contributed by atoms with Crippen molar-refractivity contribution in [1.29, 1.82) is 5.26 Å². The molecule has 7 nitrogen and oxygen atoms in total. The van der Waals surface area contributed by atoms with Crippen LogP contribution in [0.4, 0.5) is 5.69 Å². The molecule has 212 valence electrons. The molecule has 0 saturated carbocycles. The summed E-state index contributed by atoms with van der Waals surface area (Å²) in [5.74, 6) is 1.22. The Morgan fingerprint density at radius 3 is 2.61 bits per heavy atom. The number of pyridine rings is 1. The summed E-state index contributed by atoms with van der Waals surface area (Å²) in [6.07, 6.45) is 10.3. The second-order valence-electron chi connectivity index (χ2n) is 13.1. The fourth-order valence-corrected chi connectivity index (χ4v) is 8.88. The lowest BCUT2D eigenvalue weighted by Crippen LogP contribution is -2.43. The lowest BCUT2D eigenvalue weighted by Gasteiger charge is -2.37. The molecule has 0 spiro atoms. The van der Waals surface area contributed by atoms with Gasteiger partial charge in [0.25, 0.3) is 0 Å². The van der Waals surface area contributed by atoms with E-state index in [1.54, 1.807) is 0 Å². The maximum Gasteiger partial charge on any atom is 0.232 e. The molecular weight excluding hydrogens is 510 g/mol. The van der Waals surface area contributed by atoms with Crippen LogP contribution in [-0.4, -0.2) is 58.9 Å². The highest BCUT2D eigenvalue weighted by atomic mass is 16.5. The van der Waals surface area contributed by atoms with Crippen LogP contribution in [0, 0.1) is 11.3 Å². The summed E-state index contributed by atoms with van der Waals surface area (Å²) in [4.78, 5) is 10.2. The highest BCUT2D eigenvalue weighted by Gasteiger charge is 2.45. The van der Waals surface area contributed by atoms with Crippen molar-refractivity contribution in [3.8, 4) is 17.7 Å². The predicted octanol–water partition coefficient (Wildman–Crippen LogP) is 5.38. The van der Waals surface area contributed by atoms with Crippen molar-refractivity contribution in [1.82, 2.24) is 15.2 Å². The zero-order valence-electron chi connectivity index (χ0n) is 23.7. The van der Waals surface area contributed by atoms with Crippen LogP contribution in [0.5, 0.6) is 11.6 Å². The number of fused-ring (bicyclic) bond motifs is 5. The SMILES string of the molecule is N#Cc1c(OCC23CCCN2CCC3)nc(C2CC3CCC(C2)N3)c2c1CN(c1cc(O)cc3ccccc13)CC2. The third-order valence-electron chi connectivity index (χ3n) is 10.8. The van der Waals surface area contributed by atoms with Gasteiger partial charge in [-0.3, -0.25) is 4.90 Å². The summed E-state index contributed by atoms with van der Waals surface area (Å²) in [5.41, 5.74) is 5.24. The van der Waals surface area contributed by atoms with Crippen LogP contribution in [-0.2, 0) is 13.0 Å². The van der Waals surface area contributed by atoms with Gasteiger partial charge in [-0.05, 0) is 93.5 Å². The first-order valence-electron chi connectivity index (χ1n) is 15.7. The monoisotopic (exact) mass is 549 g/mol. The van der Waals surface area contributed by atoms with Gasteiger partial charge in [-0.15, -0.1) is 0 Å². The van der Waals surface area contributed by atoms with Crippen molar-refractivity contribution in [3.05, 3.63) is 58.8 Å². The van der Waals surface area contributed by atoms with E-state index in [1.807, 2.05) is 24.3 Å². The lowest BCUT2D eigenvalue weighted by atomic mass is 9.83. The van der Waals surface area contributed by atoms with Crippen LogP contribution in [0.1, 0.15) is 79.7 Å². The Morgan fingerprint density at radius 2 is 1.83 bits per heavy atom. The molecule has 4 fully saturated rings. The Hall–Kier alpha value is -3.34. The molecule has 5 aliphatic rings. The fourth-order valence-electron chi connectivity index (χ4n) is 8.88. The van der Waals surface area contributed by atoms with Crippen LogP contribution in [0.25, 0.3) is 10.8 Å². The summed E-state index contributed by atoms with van der Waals surface area (Å²) in [6.45, 7) is 4.37. The second kappa shape index (κ2) is 9.89. The number of hydrogen-bond donors (Lipinski definition) is 2. The van der Waals surface area contributed by atoms with Crippen LogP contribution >= 0.6 is 0 Å². The minimum absolute atomic E-state index is 0.102. The molecule has 0 aliphatic carbocycles. The minimum Gasteiger partial charge on any atom is -0.508 e. The molecule has 8 rings (SSSR count). The Bertz CT molecular complexity index is 1520. The summed E-state index contributed by atoms with van der Waals surface area (Å²) in [5, 5.41) is 27.1. The maximum absolute atomic E-state index is 10.6. The minimum atomic E-state index is 0.102. The van der Waals surface area contributed by atoms with Gasteiger partial charge in [0.1, 0.15) is 24.0 Å². The first-order valence-corrected chi connectivity index (χ1v) is 15.7. The van der Waals surface area contributed by atoms with E-state index in [0.717, 1.165) is 60.9 Å². The number of aromatic hydroxyl groups is 1. The van der Waals surface area contributed by atoms with E-state index < -0.39 is 0 Å². The molecule has 0 amide bonds. The van der Waals surface area contributed by atoms with Crippen LogP contribution < -0.4 is 15.0 Å². The Labute approximate surface area is 242 Å². The summed E-state index contributed by atoms with van der Waals surface area (Å²) >= 11 is 0. The van der Waals surface area contributed by atoms with Gasteiger partial charge in [0.2, 0.25) is 5.88 Å². The van der Waals surface area contributed by atoms with Crippen molar-refractivity contribution in [2.24, 2.45) is 0 Å². The van der Waals surface area contributed by atoms with E-state index in [-0.39, 0.29) is 11.3 Å². The molecular formula is C34H39N5O2. The van der Waals surface area contributed by atoms with Gasteiger partial charge < -0.3 is 20.1 Å². The molecule has 7 heteroatoms. The normalized spacial score (nSPS) is 26.6. The van der Waals surface area contributed by atoms with Gasteiger partial charge in [0.05, 0.1) is 11.2 Å². The summed E-state index contributed by atoms with van der Waals surface area (Å²) < 4.78 is 6.66. The van der Waals surface area contributed by atoms with Gasteiger partial charge >= 0.3 is 0 Å². The van der Waals surface area contributed by atoms with Gasteiger partial charge in [0.15, 0.2) is 0 Å². The largest absolute Gasteiger partial charge is 0.508 e. The third kappa shape index (κ3) is 4.26.